The monoisotopic (exact) mass is 240 g/mol. The van der Waals surface area contributed by atoms with Crippen LogP contribution < -0.4 is 10.6 Å². The van der Waals surface area contributed by atoms with E-state index in [1.165, 1.54) is 19.3 Å². The van der Waals surface area contributed by atoms with Crippen LogP contribution in [0.4, 0.5) is 0 Å². The molecule has 1 fully saturated rings. The molecule has 0 bridgehead atoms. The average Bonchev–Trinajstić information content (AvgIpc) is 2.64. The molecule has 3 nitrogen and oxygen atoms in total. The Morgan fingerprint density at radius 1 is 1.29 bits per heavy atom. The molecule has 2 N–H and O–H groups in total. The molecular weight excluding hydrogens is 212 g/mol. The van der Waals surface area contributed by atoms with Crippen LogP contribution in [0.15, 0.2) is 0 Å². The lowest BCUT2D eigenvalue weighted by molar-refractivity contribution is -0.121. The summed E-state index contributed by atoms with van der Waals surface area (Å²) in [4.78, 5) is 11.6. The van der Waals surface area contributed by atoms with Gasteiger partial charge in [-0.15, -0.1) is 0 Å². The minimum absolute atomic E-state index is 0.122. The van der Waals surface area contributed by atoms with E-state index in [0.29, 0.717) is 12.5 Å². The fraction of sp³-hybridized carbons (Fsp3) is 0.929. The zero-order valence-corrected chi connectivity index (χ0v) is 11.8. The van der Waals surface area contributed by atoms with Crippen molar-refractivity contribution >= 4 is 5.91 Å². The maximum absolute atomic E-state index is 11.6. The van der Waals surface area contributed by atoms with Crippen molar-refractivity contribution in [3.8, 4) is 0 Å². The third kappa shape index (κ3) is 5.53. The lowest BCUT2D eigenvalue weighted by Crippen LogP contribution is -2.42. The van der Waals surface area contributed by atoms with E-state index < -0.39 is 0 Å². The van der Waals surface area contributed by atoms with E-state index in [1.807, 2.05) is 0 Å². The maximum atomic E-state index is 11.6. The summed E-state index contributed by atoms with van der Waals surface area (Å²) in [5, 5.41) is 6.29. The highest BCUT2D eigenvalue weighted by Gasteiger charge is 2.20. The van der Waals surface area contributed by atoms with E-state index >= 15 is 0 Å². The lowest BCUT2D eigenvalue weighted by Gasteiger charge is -2.18. The molecule has 3 atom stereocenters. The second kappa shape index (κ2) is 7.00. The summed E-state index contributed by atoms with van der Waals surface area (Å²) in [5.41, 5.74) is 0. The van der Waals surface area contributed by atoms with Crippen LogP contribution in [0, 0.1) is 17.8 Å². The van der Waals surface area contributed by atoms with Crippen LogP contribution >= 0.6 is 0 Å². The van der Waals surface area contributed by atoms with Gasteiger partial charge in [0.05, 0.1) is 6.54 Å². The van der Waals surface area contributed by atoms with Gasteiger partial charge in [0.1, 0.15) is 0 Å². The first kappa shape index (κ1) is 14.5. The van der Waals surface area contributed by atoms with E-state index in [9.17, 15) is 4.79 Å². The molecule has 1 saturated carbocycles. The normalized spacial score (nSPS) is 26.2. The van der Waals surface area contributed by atoms with Crippen molar-refractivity contribution in [3.63, 3.8) is 0 Å². The van der Waals surface area contributed by atoms with Crippen molar-refractivity contribution in [2.75, 3.05) is 13.1 Å². The number of hydrogen-bond acceptors (Lipinski definition) is 2. The van der Waals surface area contributed by atoms with Crippen molar-refractivity contribution in [2.45, 2.75) is 53.0 Å². The summed E-state index contributed by atoms with van der Waals surface area (Å²) >= 11 is 0. The molecule has 0 radical (unpaired) electrons. The van der Waals surface area contributed by atoms with Gasteiger partial charge in [0, 0.05) is 6.04 Å². The molecule has 17 heavy (non-hydrogen) atoms. The van der Waals surface area contributed by atoms with Gasteiger partial charge in [-0.2, -0.15) is 0 Å². The number of hydrogen-bond donors (Lipinski definition) is 2. The van der Waals surface area contributed by atoms with Crippen LogP contribution in [0.3, 0.4) is 0 Å². The van der Waals surface area contributed by atoms with Gasteiger partial charge in [0.2, 0.25) is 5.91 Å². The standard InChI is InChI=1S/C14H28N2O/c1-10(2)12(4)16-14(17)9-15-8-13-6-5-11(3)7-13/h10-13,15H,5-9H2,1-4H3,(H,16,17). The van der Waals surface area contributed by atoms with E-state index in [2.05, 4.69) is 38.3 Å². The molecule has 0 aromatic heterocycles. The smallest absolute Gasteiger partial charge is 0.234 e. The third-order valence-corrected chi connectivity index (χ3v) is 3.91. The van der Waals surface area contributed by atoms with Gasteiger partial charge in [-0.3, -0.25) is 4.79 Å². The molecule has 3 heteroatoms. The first-order valence-corrected chi connectivity index (χ1v) is 6.99. The highest BCUT2D eigenvalue weighted by atomic mass is 16.1. The topological polar surface area (TPSA) is 41.1 Å². The molecule has 0 heterocycles. The van der Waals surface area contributed by atoms with Gasteiger partial charge >= 0.3 is 0 Å². The summed E-state index contributed by atoms with van der Waals surface area (Å²) in [5.74, 6) is 2.27. The fourth-order valence-electron chi connectivity index (χ4n) is 2.37. The Kier molecular flexibility index (Phi) is 5.96. The van der Waals surface area contributed by atoms with E-state index in [-0.39, 0.29) is 11.9 Å². The van der Waals surface area contributed by atoms with Crippen LogP contribution in [0.2, 0.25) is 0 Å². The fourth-order valence-corrected chi connectivity index (χ4v) is 2.37. The Balaban J connectivity index is 2.08. The summed E-state index contributed by atoms with van der Waals surface area (Å²) in [7, 11) is 0. The second-order valence-electron chi connectivity index (χ2n) is 6.02. The summed E-state index contributed by atoms with van der Waals surface area (Å²) in [6.07, 6.45) is 3.98. The van der Waals surface area contributed by atoms with Crippen LogP contribution in [-0.4, -0.2) is 25.0 Å². The largest absolute Gasteiger partial charge is 0.352 e. The molecule has 100 valence electrons. The molecule has 0 aliphatic heterocycles. The van der Waals surface area contributed by atoms with Gasteiger partial charge < -0.3 is 10.6 Å². The van der Waals surface area contributed by atoms with Gasteiger partial charge in [0.15, 0.2) is 0 Å². The Morgan fingerprint density at radius 2 is 2.00 bits per heavy atom. The number of rotatable bonds is 6. The molecule has 0 aromatic rings. The van der Waals surface area contributed by atoms with Crippen molar-refractivity contribution in [1.82, 2.24) is 10.6 Å². The maximum Gasteiger partial charge on any atom is 0.234 e. The average molecular weight is 240 g/mol. The number of nitrogens with one attached hydrogen (secondary N) is 2. The number of carbonyl (C=O) groups is 1. The van der Waals surface area contributed by atoms with Crippen molar-refractivity contribution in [1.29, 1.82) is 0 Å². The molecule has 0 aromatic carbocycles. The van der Waals surface area contributed by atoms with Gasteiger partial charge in [-0.05, 0) is 44.1 Å². The Bertz CT molecular complexity index is 240. The van der Waals surface area contributed by atoms with Crippen LogP contribution in [0.1, 0.15) is 47.0 Å². The zero-order valence-electron chi connectivity index (χ0n) is 11.8. The quantitative estimate of drug-likeness (QED) is 0.747. The second-order valence-corrected chi connectivity index (χ2v) is 6.02. The summed E-state index contributed by atoms with van der Waals surface area (Å²) < 4.78 is 0. The molecule has 1 rings (SSSR count). The Morgan fingerprint density at radius 3 is 2.53 bits per heavy atom. The minimum Gasteiger partial charge on any atom is -0.352 e. The third-order valence-electron chi connectivity index (χ3n) is 3.91. The molecule has 3 unspecified atom stereocenters. The summed E-state index contributed by atoms with van der Waals surface area (Å²) in [6.45, 7) is 10.1. The first-order valence-electron chi connectivity index (χ1n) is 6.99. The molecule has 0 spiro atoms. The van der Waals surface area contributed by atoms with Crippen molar-refractivity contribution in [3.05, 3.63) is 0 Å². The molecule has 0 saturated heterocycles. The molecular formula is C14H28N2O. The Labute approximate surface area is 106 Å². The van der Waals surface area contributed by atoms with Gasteiger partial charge in [-0.25, -0.2) is 0 Å². The van der Waals surface area contributed by atoms with Crippen LogP contribution in [0.25, 0.3) is 0 Å². The number of amides is 1. The Hall–Kier alpha value is -0.570. The van der Waals surface area contributed by atoms with E-state index in [0.717, 1.165) is 18.4 Å². The predicted octanol–water partition coefficient (Wildman–Crippen LogP) is 2.17. The molecule has 1 amide bonds. The van der Waals surface area contributed by atoms with Crippen molar-refractivity contribution < 1.29 is 4.79 Å². The van der Waals surface area contributed by atoms with E-state index in [4.69, 9.17) is 0 Å². The lowest BCUT2D eigenvalue weighted by atomic mass is 10.1. The SMILES string of the molecule is CC1CCC(CNCC(=O)NC(C)C(C)C)C1. The predicted molar refractivity (Wildman–Crippen MR) is 71.8 cm³/mol. The number of carbonyl (C=O) groups excluding carboxylic acids is 1. The minimum atomic E-state index is 0.122. The summed E-state index contributed by atoms with van der Waals surface area (Å²) in [6, 6.07) is 0.260. The van der Waals surface area contributed by atoms with E-state index in [1.54, 1.807) is 0 Å². The zero-order chi connectivity index (χ0) is 12.8. The molecule has 1 aliphatic carbocycles. The van der Waals surface area contributed by atoms with Crippen molar-refractivity contribution in [2.24, 2.45) is 17.8 Å². The molecule has 1 aliphatic rings. The first-order chi connectivity index (χ1) is 7.99. The highest BCUT2D eigenvalue weighted by molar-refractivity contribution is 5.78. The highest BCUT2D eigenvalue weighted by Crippen LogP contribution is 2.29. The van der Waals surface area contributed by atoms with Gasteiger partial charge in [0.25, 0.3) is 0 Å². The van der Waals surface area contributed by atoms with Gasteiger partial charge in [-0.1, -0.05) is 27.2 Å². The van der Waals surface area contributed by atoms with Crippen LogP contribution in [-0.2, 0) is 4.79 Å². The van der Waals surface area contributed by atoms with Crippen LogP contribution in [0.5, 0.6) is 0 Å².